The summed E-state index contributed by atoms with van der Waals surface area (Å²) in [6, 6.07) is 17.2. The fraction of sp³-hybridized carbons (Fsp3) is 0.188. The summed E-state index contributed by atoms with van der Waals surface area (Å²) in [4.78, 5) is 13.6. The molecule has 2 aromatic rings. The molecule has 0 aromatic heterocycles. The summed E-state index contributed by atoms with van der Waals surface area (Å²) in [6.07, 6.45) is 0. The molecule has 0 aliphatic carbocycles. The first kappa shape index (κ1) is 14.4. The molecule has 0 spiro atoms. The highest BCUT2D eigenvalue weighted by molar-refractivity contribution is 6.30. The molecule has 104 valence electrons. The average molecular weight is 289 g/mol. The van der Waals surface area contributed by atoms with E-state index < -0.39 is 0 Å². The van der Waals surface area contributed by atoms with Crippen LogP contribution in [-0.2, 0) is 13.1 Å². The van der Waals surface area contributed by atoms with Crippen LogP contribution in [0.4, 0.5) is 4.79 Å². The molecule has 0 radical (unpaired) electrons. The Labute approximate surface area is 124 Å². The van der Waals surface area contributed by atoms with E-state index in [1.165, 1.54) is 0 Å². The van der Waals surface area contributed by atoms with Gasteiger partial charge in [-0.05, 0) is 23.3 Å². The molecule has 0 fully saturated rings. The van der Waals surface area contributed by atoms with Gasteiger partial charge in [0.2, 0.25) is 0 Å². The Morgan fingerprint density at radius 1 is 1.10 bits per heavy atom. The van der Waals surface area contributed by atoms with E-state index in [2.05, 4.69) is 5.32 Å². The summed E-state index contributed by atoms with van der Waals surface area (Å²) in [6.45, 7) is 1.06. The minimum Gasteiger partial charge on any atom is -0.334 e. The second-order valence-electron chi connectivity index (χ2n) is 4.63. The molecular weight excluding hydrogens is 272 g/mol. The minimum absolute atomic E-state index is 0.103. The molecule has 0 aliphatic heterocycles. The molecule has 4 heteroatoms. The van der Waals surface area contributed by atoms with Crippen molar-refractivity contribution in [3.05, 3.63) is 70.7 Å². The zero-order chi connectivity index (χ0) is 14.4. The first-order valence-electron chi connectivity index (χ1n) is 6.42. The van der Waals surface area contributed by atoms with E-state index in [9.17, 15) is 4.79 Å². The lowest BCUT2D eigenvalue weighted by Gasteiger charge is -2.18. The maximum absolute atomic E-state index is 12.0. The van der Waals surface area contributed by atoms with Crippen LogP contribution >= 0.6 is 11.6 Å². The Kier molecular flexibility index (Phi) is 5.02. The second-order valence-corrected chi connectivity index (χ2v) is 5.07. The van der Waals surface area contributed by atoms with Crippen molar-refractivity contribution in [2.75, 3.05) is 7.05 Å². The van der Waals surface area contributed by atoms with Gasteiger partial charge in [0.05, 0.1) is 0 Å². The lowest BCUT2D eigenvalue weighted by Crippen LogP contribution is -2.36. The van der Waals surface area contributed by atoms with Crippen molar-refractivity contribution in [3.63, 3.8) is 0 Å². The van der Waals surface area contributed by atoms with Gasteiger partial charge in [0, 0.05) is 25.2 Å². The number of urea groups is 1. The van der Waals surface area contributed by atoms with Crippen molar-refractivity contribution >= 4 is 17.6 Å². The van der Waals surface area contributed by atoms with Crippen molar-refractivity contribution in [2.24, 2.45) is 0 Å². The predicted octanol–water partition coefficient (Wildman–Crippen LogP) is 3.68. The van der Waals surface area contributed by atoms with E-state index in [1.807, 2.05) is 54.6 Å². The third-order valence-electron chi connectivity index (χ3n) is 2.94. The average Bonchev–Trinajstić information content (AvgIpc) is 2.46. The van der Waals surface area contributed by atoms with E-state index in [4.69, 9.17) is 11.6 Å². The van der Waals surface area contributed by atoms with Crippen molar-refractivity contribution in [3.8, 4) is 0 Å². The fourth-order valence-corrected chi connectivity index (χ4v) is 2.10. The molecule has 3 nitrogen and oxygen atoms in total. The van der Waals surface area contributed by atoms with E-state index in [0.29, 0.717) is 18.1 Å². The molecule has 1 N–H and O–H groups in total. The minimum atomic E-state index is -0.103. The van der Waals surface area contributed by atoms with Crippen molar-refractivity contribution in [2.45, 2.75) is 13.1 Å². The number of nitrogens with zero attached hydrogens (tertiary/aromatic N) is 1. The predicted molar refractivity (Wildman–Crippen MR) is 81.6 cm³/mol. The molecule has 20 heavy (non-hydrogen) atoms. The Morgan fingerprint density at radius 2 is 1.80 bits per heavy atom. The smallest absolute Gasteiger partial charge is 0.317 e. The molecule has 2 aromatic carbocycles. The number of hydrogen-bond donors (Lipinski definition) is 1. The van der Waals surface area contributed by atoms with Gasteiger partial charge in [-0.1, -0.05) is 54.1 Å². The summed E-state index contributed by atoms with van der Waals surface area (Å²) >= 11 is 5.93. The zero-order valence-corrected chi connectivity index (χ0v) is 12.1. The summed E-state index contributed by atoms with van der Waals surface area (Å²) in [5, 5.41) is 3.57. The van der Waals surface area contributed by atoms with Crippen molar-refractivity contribution in [1.82, 2.24) is 10.2 Å². The van der Waals surface area contributed by atoms with Crippen LogP contribution in [0.2, 0.25) is 5.02 Å². The Balaban J connectivity index is 1.86. The van der Waals surface area contributed by atoms with Crippen LogP contribution in [-0.4, -0.2) is 18.0 Å². The van der Waals surface area contributed by atoms with Gasteiger partial charge in [-0.2, -0.15) is 0 Å². The highest BCUT2D eigenvalue weighted by Crippen LogP contribution is 2.12. The maximum atomic E-state index is 12.0. The first-order valence-corrected chi connectivity index (χ1v) is 6.80. The number of halogens is 1. The van der Waals surface area contributed by atoms with Crippen LogP contribution in [0.25, 0.3) is 0 Å². The standard InChI is InChI=1S/C16H17ClN2O/c1-19(12-14-8-5-9-15(17)10-14)16(20)18-11-13-6-3-2-4-7-13/h2-10H,11-12H2,1H3,(H,18,20). The van der Waals surface area contributed by atoms with Crippen LogP contribution in [0.15, 0.2) is 54.6 Å². The molecule has 2 rings (SSSR count). The quantitative estimate of drug-likeness (QED) is 0.914. The van der Waals surface area contributed by atoms with Gasteiger partial charge in [-0.25, -0.2) is 4.79 Å². The fourth-order valence-electron chi connectivity index (χ4n) is 1.89. The Bertz CT molecular complexity index is 572. The number of hydrogen-bond acceptors (Lipinski definition) is 1. The lowest BCUT2D eigenvalue weighted by molar-refractivity contribution is 0.206. The molecule has 0 atom stereocenters. The number of carbonyl (C=O) groups is 1. The van der Waals surface area contributed by atoms with Gasteiger partial charge in [0.15, 0.2) is 0 Å². The van der Waals surface area contributed by atoms with Gasteiger partial charge in [0.25, 0.3) is 0 Å². The van der Waals surface area contributed by atoms with Gasteiger partial charge in [-0.3, -0.25) is 0 Å². The summed E-state index contributed by atoms with van der Waals surface area (Å²) in [5.41, 5.74) is 2.09. The highest BCUT2D eigenvalue weighted by Gasteiger charge is 2.08. The van der Waals surface area contributed by atoms with Crippen LogP contribution in [0.3, 0.4) is 0 Å². The molecule has 0 unspecified atom stereocenters. The monoisotopic (exact) mass is 288 g/mol. The van der Waals surface area contributed by atoms with Crippen molar-refractivity contribution in [1.29, 1.82) is 0 Å². The van der Waals surface area contributed by atoms with Gasteiger partial charge in [0.1, 0.15) is 0 Å². The van der Waals surface area contributed by atoms with E-state index >= 15 is 0 Å². The number of nitrogens with one attached hydrogen (secondary N) is 1. The summed E-state index contributed by atoms with van der Waals surface area (Å²) < 4.78 is 0. The Morgan fingerprint density at radius 3 is 2.50 bits per heavy atom. The van der Waals surface area contributed by atoms with Crippen LogP contribution in [0, 0.1) is 0 Å². The summed E-state index contributed by atoms with van der Waals surface area (Å²) in [7, 11) is 1.77. The van der Waals surface area contributed by atoms with Gasteiger partial charge >= 0.3 is 6.03 Å². The van der Waals surface area contributed by atoms with Crippen LogP contribution in [0.1, 0.15) is 11.1 Å². The first-order chi connectivity index (χ1) is 9.65. The molecule has 2 amide bonds. The normalized spacial score (nSPS) is 10.1. The van der Waals surface area contributed by atoms with E-state index in [0.717, 1.165) is 11.1 Å². The van der Waals surface area contributed by atoms with Crippen LogP contribution < -0.4 is 5.32 Å². The number of carbonyl (C=O) groups excluding carboxylic acids is 1. The van der Waals surface area contributed by atoms with Crippen LogP contribution in [0.5, 0.6) is 0 Å². The maximum Gasteiger partial charge on any atom is 0.317 e. The molecule has 0 saturated carbocycles. The third-order valence-corrected chi connectivity index (χ3v) is 3.18. The topological polar surface area (TPSA) is 32.3 Å². The van der Waals surface area contributed by atoms with Gasteiger partial charge < -0.3 is 10.2 Å². The van der Waals surface area contributed by atoms with Gasteiger partial charge in [-0.15, -0.1) is 0 Å². The number of benzene rings is 2. The molecule has 0 heterocycles. The summed E-state index contributed by atoms with van der Waals surface area (Å²) in [5.74, 6) is 0. The molecule has 0 aliphatic rings. The molecular formula is C16H17ClN2O. The SMILES string of the molecule is CN(Cc1cccc(Cl)c1)C(=O)NCc1ccccc1. The molecule has 0 bridgehead atoms. The number of rotatable bonds is 4. The third kappa shape index (κ3) is 4.28. The van der Waals surface area contributed by atoms with Crippen molar-refractivity contribution < 1.29 is 4.79 Å². The highest BCUT2D eigenvalue weighted by atomic mass is 35.5. The Hall–Kier alpha value is -2.00. The number of amides is 2. The van der Waals surface area contributed by atoms with E-state index in [-0.39, 0.29) is 6.03 Å². The van der Waals surface area contributed by atoms with E-state index in [1.54, 1.807) is 11.9 Å². The largest absolute Gasteiger partial charge is 0.334 e. The zero-order valence-electron chi connectivity index (χ0n) is 11.3. The lowest BCUT2D eigenvalue weighted by atomic mass is 10.2. The molecule has 0 saturated heterocycles. The second kappa shape index (κ2) is 6.96.